The second kappa shape index (κ2) is 11.2. The Hall–Kier alpha value is -3.29. The summed E-state index contributed by atoms with van der Waals surface area (Å²) in [6, 6.07) is 14.5. The molecule has 3 rings (SSSR count). The molecule has 0 saturated heterocycles. The monoisotopic (exact) mass is 543 g/mol. The Balaban J connectivity index is 1.93. The third-order valence-electron chi connectivity index (χ3n) is 5.17. The first-order chi connectivity index (χ1) is 16.3. The quantitative estimate of drug-likeness (QED) is 0.402. The second-order valence-corrected chi connectivity index (χ2v) is 9.26. The van der Waals surface area contributed by atoms with Gasteiger partial charge < -0.3 is 20.1 Å². The highest BCUT2D eigenvalue weighted by Gasteiger charge is 2.44. The largest absolute Gasteiger partial charge is 0.496 e. The zero-order valence-electron chi connectivity index (χ0n) is 18.7. The van der Waals surface area contributed by atoms with E-state index in [1.807, 2.05) is 25.1 Å². The van der Waals surface area contributed by atoms with Crippen molar-refractivity contribution >= 4 is 51.2 Å². The predicted octanol–water partition coefficient (Wildman–Crippen LogP) is 3.88. The van der Waals surface area contributed by atoms with Crippen LogP contribution in [0.5, 0.6) is 5.75 Å². The van der Waals surface area contributed by atoms with Gasteiger partial charge in [0.1, 0.15) is 11.7 Å². The number of carbonyl (C=O) groups excluding carboxylic acids is 3. The normalized spacial score (nSPS) is 17.4. The zero-order chi connectivity index (χ0) is 24.8. The van der Waals surface area contributed by atoms with Gasteiger partial charge in [0.2, 0.25) is 11.8 Å². The number of hydrogen-bond acceptors (Lipinski definition) is 7. The predicted molar refractivity (Wildman–Crippen MR) is 132 cm³/mol. The van der Waals surface area contributed by atoms with Crippen molar-refractivity contribution in [3.8, 4) is 11.8 Å². The van der Waals surface area contributed by atoms with Gasteiger partial charge in [-0.25, -0.2) is 0 Å². The third-order valence-corrected chi connectivity index (χ3v) is 6.81. The van der Waals surface area contributed by atoms with Gasteiger partial charge in [0.05, 0.1) is 41.1 Å². The van der Waals surface area contributed by atoms with Crippen molar-refractivity contribution in [1.82, 2.24) is 5.32 Å². The van der Waals surface area contributed by atoms with Crippen molar-refractivity contribution in [2.75, 3.05) is 25.3 Å². The molecule has 34 heavy (non-hydrogen) atoms. The number of thioether (sulfide) groups is 1. The van der Waals surface area contributed by atoms with E-state index in [-0.39, 0.29) is 22.3 Å². The van der Waals surface area contributed by atoms with Crippen LogP contribution >= 0.6 is 27.7 Å². The lowest BCUT2D eigenvalue weighted by atomic mass is 9.78. The van der Waals surface area contributed by atoms with Crippen molar-refractivity contribution in [2.45, 2.75) is 12.8 Å². The molecule has 10 heteroatoms. The van der Waals surface area contributed by atoms with Crippen molar-refractivity contribution < 1.29 is 23.9 Å². The van der Waals surface area contributed by atoms with Gasteiger partial charge in [0, 0.05) is 11.6 Å². The average Bonchev–Trinajstić information content (AvgIpc) is 2.81. The molecule has 1 aliphatic rings. The number of rotatable bonds is 7. The van der Waals surface area contributed by atoms with Gasteiger partial charge in [-0.2, -0.15) is 5.26 Å². The molecule has 0 bridgehead atoms. The molecule has 2 amide bonds. The van der Waals surface area contributed by atoms with E-state index in [4.69, 9.17) is 9.47 Å². The van der Waals surface area contributed by atoms with E-state index >= 15 is 0 Å². The highest BCUT2D eigenvalue weighted by atomic mass is 79.9. The number of methoxy groups -OCH3 is 2. The summed E-state index contributed by atoms with van der Waals surface area (Å²) in [5, 5.41) is 15.6. The lowest BCUT2D eigenvalue weighted by molar-refractivity contribution is -0.150. The van der Waals surface area contributed by atoms with Gasteiger partial charge in [-0.3, -0.25) is 14.4 Å². The Kier molecular flexibility index (Phi) is 8.36. The highest BCUT2D eigenvalue weighted by Crippen LogP contribution is 2.42. The third kappa shape index (κ3) is 5.61. The molecule has 0 spiro atoms. The molecular formula is C24H22BrN3O5S. The first-order valence-electron chi connectivity index (χ1n) is 10.1. The fraction of sp³-hybridized carbons (Fsp3) is 0.250. The number of halogens is 1. The molecule has 2 N–H and O–H groups in total. The number of nitriles is 1. The van der Waals surface area contributed by atoms with Gasteiger partial charge >= 0.3 is 5.97 Å². The fourth-order valence-corrected chi connectivity index (χ4v) is 5.02. The molecule has 0 aromatic heterocycles. The first kappa shape index (κ1) is 25.3. The molecule has 1 aliphatic heterocycles. The molecule has 176 valence electrons. The summed E-state index contributed by atoms with van der Waals surface area (Å²) in [7, 11) is 2.70. The van der Waals surface area contributed by atoms with E-state index in [1.165, 1.54) is 14.2 Å². The number of ether oxygens (including phenoxy) is 2. The standard InChI is InChI=1S/C24H22BrN3O5S/c1-13-5-4-6-15(9-13)27-19(29)12-34-23-16(11-26)20(21(22(30)28-23)24(31)33-3)14-7-8-18(32-2)17(25)10-14/h4-10,20-21H,12H2,1-3H3,(H,27,29)(H,28,30)/t20-,21-/m0/s1. The fourth-order valence-electron chi connectivity index (χ4n) is 3.61. The van der Waals surface area contributed by atoms with E-state index in [0.29, 0.717) is 21.5 Å². The molecular weight excluding hydrogens is 522 g/mol. The Morgan fingerprint density at radius 3 is 2.62 bits per heavy atom. The smallest absolute Gasteiger partial charge is 0.319 e. The number of amides is 2. The van der Waals surface area contributed by atoms with Gasteiger partial charge in [0.15, 0.2) is 0 Å². The minimum absolute atomic E-state index is 0.0450. The van der Waals surface area contributed by atoms with Gasteiger partial charge in [-0.1, -0.05) is 30.0 Å². The summed E-state index contributed by atoms with van der Waals surface area (Å²) in [6.07, 6.45) is 0. The molecule has 8 nitrogen and oxygen atoms in total. The van der Waals surface area contributed by atoms with E-state index in [2.05, 4.69) is 32.6 Å². The summed E-state index contributed by atoms with van der Waals surface area (Å²) >= 11 is 4.43. The number of aryl methyl sites for hydroxylation is 1. The summed E-state index contributed by atoms with van der Waals surface area (Å²) in [4.78, 5) is 37.9. The molecule has 1 heterocycles. The maximum Gasteiger partial charge on any atom is 0.319 e. The van der Waals surface area contributed by atoms with Gasteiger partial charge in [-0.15, -0.1) is 0 Å². The first-order valence-corrected chi connectivity index (χ1v) is 11.9. The Morgan fingerprint density at radius 1 is 1.24 bits per heavy atom. The number of allylic oxidation sites excluding steroid dienone is 1. The number of nitrogens with one attached hydrogen (secondary N) is 2. The van der Waals surface area contributed by atoms with Crippen LogP contribution < -0.4 is 15.4 Å². The summed E-state index contributed by atoms with van der Waals surface area (Å²) < 4.78 is 10.7. The number of benzene rings is 2. The van der Waals surface area contributed by atoms with Crippen LogP contribution in [0, 0.1) is 24.2 Å². The summed E-state index contributed by atoms with van der Waals surface area (Å²) in [5.41, 5.74) is 2.37. The average molecular weight is 544 g/mol. The summed E-state index contributed by atoms with van der Waals surface area (Å²) in [6.45, 7) is 1.92. The van der Waals surface area contributed by atoms with Crippen LogP contribution in [0.4, 0.5) is 5.69 Å². The highest BCUT2D eigenvalue weighted by molar-refractivity contribution is 9.10. The van der Waals surface area contributed by atoms with E-state index in [9.17, 15) is 19.6 Å². The van der Waals surface area contributed by atoms with Crippen molar-refractivity contribution in [3.63, 3.8) is 0 Å². The molecule has 2 aromatic rings. The van der Waals surface area contributed by atoms with Crippen molar-refractivity contribution in [1.29, 1.82) is 5.26 Å². The van der Waals surface area contributed by atoms with Crippen LogP contribution in [0.2, 0.25) is 0 Å². The molecule has 0 radical (unpaired) electrons. The minimum Gasteiger partial charge on any atom is -0.496 e. The maximum atomic E-state index is 12.9. The number of hydrogen-bond donors (Lipinski definition) is 2. The van der Waals surface area contributed by atoms with Gasteiger partial charge in [-0.05, 0) is 58.2 Å². The number of nitrogens with zero attached hydrogens (tertiary/aromatic N) is 1. The lowest BCUT2D eigenvalue weighted by Gasteiger charge is -2.31. The second-order valence-electron chi connectivity index (χ2n) is 7.42. The maximum absolute atomic E-state index is 12.9. The Morgan fingerprint density at radius 2 is 2.00 bits per heavy atom. The molecule has 0 aliphatic carbocycles. The van der Waals surface area contributed by atoms with Crippen LogP contribution in [0.1, 0.15) is 17.0 Å². The lowest BCUT2D eigenvalue weighted by Crippen LogP contribution is -2.44. The number of anilines is 1. The Labute approximate surface area is 209 Å². The van der Waals surface area contributed by atoms with Crippen molar-refractivity contribution in [2.24, 2.45) is 5.92 Å². The van der Waals surface area contributed by atoms with Crippen LogP contribution in [0.3, 0.4) is 0 Å². The van der Waals surface area contributed by atoms with Crippen LogP contribution in [-0.4, -0.2) is 37.8 Å². The van der Waals surface area contributed by atoms with Gasteiger partial charge in [0.25, 0.3) is 0 Å². The Bertz CT molecular complexity index is 1210. The van der Waals surface area contributed by atoms with Crippen LogP contribution in [0.15, 0.2) is 57.5 Å². The van der Waals surface area contributed by atoms with Crippen LogP contribution in [-0.2, 0) is 19.1 Å². The van der Waals surface area contributed by atoms with E-state index < -0.39 is 23.7 Å². The van der Waals surface area contributed by atoms with Crippen LogP contribution in [0.25, 0.3) is 0 Å². The van der Waals surface area contributed by atoms with Crippen molar-refractivity contribution in [3.05, 3.63) is 68.7 Å². The molecule has 0 saturated carbocycles. The molecule has 0 fully saturated rings. The molecule has 2 atom stereocenters. The minimum atomic E-state index is -1.26. The summed E-state index contributed by atoms with van der Waals surface area (Å²) in [5.74, 6) is -3.30. The molecule has 2 aromatic carbocycles. The number of esters is 1. The molecule has 0 unspecified atom stereocenters. The van der Waals surface area contributed by atoms with E-state index in [0.717, 1.165) is 17.3 Å². The number of carbonyl (C=O) groups is 3. The van der Waals surface area contributed by atoms with E-state index in [1.54, 1.807) is 24.3 Å². The SMILES string of the molecule is COC(=O)[C@@H]1C(=O)NC(SCC(=O)Nc2cccc(C)c2)=C(C#N)[C@@H]1c1ccc(OC)c(Br)c1. The topological polar surface area (TPSA) is 118 Å². The zero-order valence-corrected chi connectivity index (χ0v) is 21.1.